The lowest BCUT2D eigenvalue weighted by Gasteiger charge is -2.12. The number of carboxylic acid groups (broad SMARTS) is 2. The number of nitrogens with one attached hydrogen (secondary N) is 1. The molecule has 15 heteroatoms. The summed E-state index contributed by atoms with van der Waals surface area (Å²) in [5.41, 5.74) is 0.241. The molecule has 198 valence electrons. The van der Waals surface area contributed by atoms with Gasteiger partial charge in [0.2, 0.25) is 5.95 Å². The van der Waals surface area contributed by atoms with Gasteiger partial charge in [-0.1, -0.05) is 17.7 Å². The monoisotopic (exact) mass is 573 g/mol. The average Bonchev–Trinajstić information content (AvgIpc) is 3.15. The first-order valence-electron chi connectivity index (χ1n) is 10.0. The number of halogens is 2. The number of carboxylic acids is 2. The zero-order valence-electron chi connectivity index (χ0n) is 19.3. The normalized spacial score (nSPS) is 11.7. The van der Waals surface area contributed by atoms with Gasteiger partial charge in [-0.05, 0) is 37.4 Å². The summed E-state index contributed by atoms with van der Waals surface area (Å²) in [5.74, 6) is -3.40. The minimum atomic E-state index is -4.29. The number of carbonyl (C=O) groups is 2. The summed E-state index contributed by atoms with van der Waals surface area (Å²) in [6.45, 7) is 0.236. The second-order valence-electron chi connectivity index (χ2n) is 7.25. The Morgan fingerprint density at radius 2 is 1.68 bits per heavy atom. The molecule has 3 rings (SSSR count). The smallest absolute Gasteiger partial charge is 0.328 e. The van der Waals surface area contributed by atoms with E-state index in [4.69, 9.17) is 21.8 Å². The number of benzene rings is 1. The van der Waals surface area contributed by atoms with Crippen molar-refractivity contribution >= 4 is 43.4 Å². The van der Waals surface area contributed by atoms with Crippen LogP contribution in [0, 0.1) is 5.95 Å². The summed E-state index contributed by atoms with van der Waals surface area (Å²) >= 11 is 6.40. The zero-order valence-corrected chi connectivity index (χ0v) is 21.7. The molecule has 0 aliphatic rings. The fraction of sp³-hybridized carbons (Fsp3) is 0.136. The summed E-state index contributed by atoms with van der Waals surface area (Å²) in [7, 11) is -6.27. The molecule has 0 spiro atoms. The van der Waals surface area contributed by atoms with E-state index in [1.165, 1.54) is 42.7 Å². The lowest BCUT2D eigenvalue weighted by Crippen LogP contribution is -2.14. The summed E-state index contributed by atoms with van der Waals surface area (Å²) in [5, 5.41) is 18.5. The van der Waals surface area contributed by atoms with E-state index in [9.17, 15) is 30.8 Å². The van der Waals surface area contributed by atoms with Crippen molar-refractivity contribution in [2.75, 3.05) is 13.3 Å². The van der Waals surface area contributed by atoms with E-state index in [1.807, 2.05) is 0 Å². The lowest BCUT2D eigenvalue weighted by molar-refractivity contribution is -0.134. The van der Waals surface area contributed by atoms with Gasteiger partial charge in [0.25, 0.3) is 10.0 Å². The molecule has 0 saturated carbocycles. The lowest BCUT2D eigenvalue weighted by atomic mass is 10.2. The number of rotatable bonds is 8. The highest BCUT2D eigenvalue weighted by Crippen LogP contribution is 2.36. The maximum atomic E-state index is 14.4. The molecule has 2 heterocycles. The molecule has 3 N–H and O–H groups in total. The van der Waals surface area contributed by atoms with Crippen molar-refractivity contribution in [1.29, 1.82) is 0 Å². The van der Waals surface area contributed by atoms with E-state index >= 15 is 0 Å². The fourth-order valence-electron chi connectivity index (χ4n) is 2.94. The molecule has 0 radical (unpaired) electrons. The van der Waals surface area contributed by atoms with Crippen LogP contribution < -0.4 is 5.32 Å². The van der Waals surface area contributed by atoms with Crippen LogP contribution in [0.3, 0.4) is 0 Å². The van der Waals surface area contributed by atoms with Crippen LogP contribution in [0.4, 0.5) is 4.39 Å². The molecule has 0 saturated heterocycles. The first-order chi connectivity index (χ1) is 17.2. The Balaban J connectivity index is 0.000000521. The van der Waals surface area contributed by atoms with E-state index in [0.717, 1.165) is 16.3 Å². The van der Waals surface area contributed by atoms with E-state index in [1.54, 1.807) is 7.05 Å². The molecule has 37 heavy (non-hydrogen) atoms. The van der Waals surface area contributed by atoms with E-state index < -0.39 is 37.7 Å². The maximum Gasteiger partial charge on any atom is 0.328 e. The van der Waals surface area contributed by atoms with Crippen LogP contribution in [0.5, 0.6) is 0 Å². The van der Waals surface area contributed by atoms with Gasteiger partial charge in [0.15, 0.2) is 9.84 Å². The van der Waals surface area contributed by atoms with Crippen molar-refractivity contribution in [1.82, 2.24) is 14.3 Å². The van der Waals surface area contributed by atoms with Crippen molar-refractivity contribution in [2.45, 2.75) is 16.3 Å². The molecule has 3 aromatic rings. The van der Waals surface area contributed by atoms with E-state index in [2.05, 4.69) is 10.3 Å². The summed E-state index contributed by atoms with van der Waals surface area (Å²) < 4.78 is 65.6. The molecule has 2 aromatic heterocycles. The van der Waals surface area contributed by atoms with Crippen LogP contribution in [0.25, 0.3) is 11.3 Å². The van der Waals surface area contributed by atoms with Gasteiger partial charge in [0, 0.05) is 42.9 Å². The predicted molar refractivity (Wildman–Crippen MR) is 132 cm³/mol. The molecular formula is C22H21ClFN3O8S2. The first kappa shape index (κ1) is 29.6. The Morgan fingerprint density at radius 3 is 2.19 bits per heavy atom. The Morgan fingerprint density at radius 1 is 1.08 bits per heavy atom. The van der Waals surface area contributed by atoms with Crippen molar-refractivity contribution in [3.8, 4) is 11.3 Å². The standard InChI is InChI=1S/C18H17ClFN3O4S2.C4H4O4/c1-21-10-12-11-23(17(16(12)19)15-7-4-8-22-18(15)20)29(26,27)14-6-3-5-13(9-14)28(2,24)25;5-3(6)1-2-4(7)8/h3-9,11,21H,10H2,1-2H3;1-2H,(H,5,6)(H,7,8)/b;2-1+. The van der Waals surface area contributed by atoms with Crippen LogP contribution in [-0.2, 0) is 36.0 Å². The highest BCUT2D eigenvalue weighted by Gasteiger charge is 2.28. The summed E-state index contributed by atoms with van der Waals surface area (Å²) in [6.07, 6.45) is 4.61. The second-order valence-corrected chi connectivity index (χ2v) is 11.5. The van der Waals surface area contributed by atoms with Crippen molar-refractivity contribution in [3.63, 3.8) is 0 Å². The molecule has 0 fully saturated rings. The number of aromatic nitrogens is 2. The van der Waals surface area contributed by atoms with Gasteiger partial charge in [-0.25, -0.2) is 35.4 Å². The molecule has 11 nitrogen and oxygen atoms in total. The van der Waals surface area contributed by atoms with Crippen LogP contribution in [0.15, 0.2) is 70.7 Å². The van der Waals surface area contributed by atoms with Gasteiger partial charge in [0.05, 0.1) is 26.1 Å². The van der Waals surface area contributed by atoms with Crippen LogP contribution in [0.1, 0.15) is 5.56 Å². The Labute approximate surface area is 216 Å². The van der Waals surface area contributed by atoms with Gasteiger partial charge >= 0.3 is 11.9 Å². The van der Waals surface area contributed by atoms with Gasteiger partial charge in [-0.15, -0.1) is 0 Å². The van der Waals surface area contributed by atoms with Gasteiger partial charge in [-0.2, -0.15) is 4.39 Å². The molecule has 0 bridgehead atoms. The Bertz CT molecular complexity index is 1550. The third-order valence-electron chi connectivity index (χ3n) is 4.52. The fourth-order valence-corrected chi connectivity index (χ4v) is 5.49. The molecule has 0 aliphatic heterocycles. The topological polar surface area (TPSA) is 173 Å². The number of pyridine rings is 1. The van der Waals surface area contributed by atoms with Gasteiger partial charge in [0.1, 0.15) is 0 Å². The minimum absolute atomic E-state index is 0.0501. The van der Waals surface area contributed by atoms with Crippen molar-refractivity contribution < 1.29 is 41.0 Å². The molecule has 1 aromatic carbocycles. The molecule has 0 atom stereocenters. The van der Waals surface area contributed by atoms with Crippen LogP contribution >= 0.6 is 11.6 Å². The second kappa shape index (κ2) is 12.1. The van der Waals surface area contributed by atoms with Crippen LogP contribution in [-0.4, -0.2) is 61.2 Å². The number of hydrogen-bond acceptors (Lipinski definition) is 8. The Kier molecular flexibility index (Phi) is 9.69. The number of aliphatic carboxylic acids is 2. The van der Waals surface area contributed by atoms with Crippen molar-refractivity contribution in [2.24, 2.45) is 0 Å². The van der Waals surface area contributed by atoms with Gasteiger partial charge in [-0.3, -0.25) is 0 Å². The minimum Gasteiger partial charge on any atom is -0.478 e. The van der Waals surface area contributed by atoms with Crippen molar-refractivity contribution in [3.05, 3.63) is 77.5 Å². The largest absolute Gasteiger partial charge is 0.478 e. The first-order valence-corrected chi connectivity index (χ1v) is 13.8. The molecule has 0 aliphatic carbocycles. The van der Waals surface area contributed by atoms with E-state index in [-0.39, 0.29) is 32.6 Å². The zero-order chi connectivity index (χ0) is 28.0. The third-order valence-corrected chi connectivity index (χ3v) is 7.71. The predicted octanol–water partition coefficient (Wildman–Crippen LogP) is 2.41. The van der Waals surface area contributed by atoms with E-state index in [0.29, 0.717) is 17.7 Å². The number of sulfone groups is 1. The third kappa shape index (κ3) is 7.45. The Hall–Kier alpha value is -3.59. The maximum absolute atomic E-state index is 14.4. The SMILES string of the molecule is CNCc1cn(S(=O)(=O)c2cccc(S(C)(=O)=O)c2)c(-c2cccnc2F)c1Cl.O=C(O)/C=C/C(=O)O. The van der Waals surface area contributed by atoms with Gasteiger partial charge < -0.3 is 15.5 Å². The molecule has 0 unspecified atom stereocenters. The highest BCUT2D eigenvalue weighted by molar-refractivity contribution is 7.91. The number of hydrogen-bond donors (Lipinski definition) is 3. The highest BCUT2D eigenvalue weighted by atomic mass is 35.5. The molecule has 0 amide bonds. The quantitative estimate of drug-likeness (QED) is 0.268. The average molecular weight is 574 g/mol. The van der Waals surface area contributed by atoms with Crippen LogP contribution in [0.2, 0.25) is 5.02 Å². The summed E-state index contributed by atoms with van der Waals surface area (Å²) in [6, 6.07) is 7.77. The molecular weight excluding hydrogens is 553 g/mol. The number of nitrogens with zero attached hydrogens (tertiary/aromatic N) is 2. The summed E-state index contributed by atoms with van der Waals surface area (Å²) in [4.78, 5) is 22.3.